The fourth-order valence-electron chi connectivity index (χ4n) is 2.73. The highest BCUT2D eigenvalue weighted by molar-refractivity contribution is 5.48. The maximum absolute atomic E-state index is 5.70. The number of benzene rings is 1. The summed E-state index contributed by atoms with van der Waals surface area (Å²) in [4.78, 5) is 0. The molecule has 142 valence electrons. The van der Waals surface area contributed by atoms with Gasteiger partial charge < -0.3 is 23.7 Å². The molecule has 1 heterocycles. The molecular formula is C20H32O5. The highest BCUT2D eigenvalue weighted by atomic mass is 16.7. The third-order valence-electron chi connectivity index (χ3n) is 4.12. The molecular weight excluding hydrogens is 320 g/mol. The molecule has 1 aliphatic heterocycles. The van der Waals surface area contributed by atoms with Crippen LogP contribution < -0.4 is 9.47 Å². The molecule has 0 saturated heterocycles. The van der Waals surface area contributed by atoms with Crippen molar-refractivity contribution in [2.24, 2.45) is 0 Å². The highest BCUT2D eigenvalue weighted by Gasteiger charge is 2.16. The molecule has 0 radical (unpaired) electrons. The second kappa shape index (κ2) is 12.1. The summed E-state index contributed by atoms with van der Waals surface area (Å²) in [7, 11) is 0. The minimum atomic E-state index is 0.320. The van der Waals surface area contributed by atoms with Crippen molar-refractivity contribution in [3.05, 3.63) is 23.3 Å². The Balaban J connectivity index is 1.59. The quantitative estimate of drug-likeness (QED) is 0.477. The average molecular weight is 352 g/mol. The van der Waals surface area contributed by atoms with Crippen molar-refractivity contribution in [3.63, 3.8) is 0 Å². The summed E-state index contributed by atoms with van der Waals surface area (Å²) in [6.07, 6.45) is 5.32. The van der Waals surface area contributed by atoms with Gasteiger partial charge in [-0.15, -0.1) is 0 Å². The van der Waals surface area contributed by atoms with E-state index in [9.17, 15) is 0 Å². The highest BCUT2D eigenvalue weighted by Crippen LogP contribution is 2.35. The van der Waals surface area contributed by atoms with E-state index in [1.54, 1.807) is 0 Å². The Morgan fingerprint density at radius 3 is 1.88 bits per heavy atom. The summed E-state index contributed by atoms with van der Waals surface area (Å²) in [5, 5.41) is 0. The van der Waals surface area contributed by atoms with Gasteiger partial charge in [0.25, 0.3) is 0 Å². The molecule has 2 rings (SSSR count). The van der Waals surface area contributed by atoms with Crippen LogP contribution in [0.5, 0.6) is 11.5 Å². The predicted molar refractivity (Wildman–Crippen MR) is 97.6 cm³/mol. The standard InChI is InChI=1S/C20H32O5/c1-3-5-8-21-10-12-23-13-11-22-9-7-18-15-20-19(24-16-25-20)14-17(18)6-4-2/h14-15H,3-13,16H2,1-2H3. The Bertz CT molecular complexity index is 489. The number of hydrogen-bond donors (Lipinski definition) is 0. The molecule has 0 unspecified atom stereocenters. The van der Waals surface area contributed by atoms with Gasteiger partial charge in [-0.05, 0) is 42.5 Å². The van der Waals surface area contributed by atoms with Crippen LogP contribution in [0, 0.1) is 0 Å². The summed E-state index contributed by atoms with van der Waals surface area (Å²) >= 11 is 0. The zero-order valence-electron chi connectivity index (χ0n) is 15.7. The molecule has 25 heavy (non-hydrogen) atoms. The molecule has 0 amide bonds. The van der Waals surface area contributed by atoms with Crippen molar-refractivity contribution in [1.29, 1.82) is 0 Å². The third-order valence-corrected chi connectivity index (χ3v) is 4.12. The van der Waals surface area contributed by atoms with E-state index in [-0.39, 0.29) is 0 Å². The molecule has 1 aromatic rings. The number of hydrogen-bond acceptors (Lipinski definition) is 5. The lowest BCUT2D eigenvalue weighted by atomic mass is 10.00. The molecule has 1 aromatic carbocycles. The van der Waals surface area contributed by atoms with Gasteiger partial charge in [0.2, 0.25) is 6.79 Å². The van der Waals surface area contributed by atoms with Crippen molar-refractivity contribution in [1.82, 2.24) is 0 Å². The summed E-state index contributed by atoms with van der Waals surface area (Å²) in [6, 6.07) is 4.21. The Kier molecular flexibility index (Phi) is 9.70. The van der Waals surface area contributed by atoms with Gasteiger partial charge in [-0.3, -0.25) is 0 Å². The first kappa shape index (κ1) is 20.0. The Labute approximate surface area is 151 Å². The third kappa shape index (κ3) is 7.22. The van der Waals surface area contributed by atoms with Gasteiger partial charge in [0.1, 0.15) is 0 Å². The van der Waals surface area contributed by atoms with Crippen LogP contribution in [0.15, 0.2) is 12.1 Å². The lowest BCUT2D eigenvalue weighted by Crippen LogP contribution is -2.11. The first-order chi connectivity index (χ1) is 12.3. The van der Waals surface area contributed by atoms with Crippen LogP contribution in [0.3, 0.4) is 0 Å². The minimum Gasteiger partial charge on any atom is -0.454 e. The summed E-state index contributed by atoms with van der Waals surface area (Å²) in [6.45, 7) is 8.70. The predicted octanol–water partition coefficient (Wildman–Crippen LogP) is 3.76. The first-order valence-corrected chi connectivity index (χ1v) is 9.49. The lowest BCUT2D eigenvalue weighted by Gasteiger charge is -2.11. The van der Waals surface area contributed by atoms with Gasteiger partial charge in [-0.2, -0.15) is 0 Å². The number of aryl methyl sites for hydroxylation is 1. The van der Waals surface area contributed by atoms with Crippen molar-refractivity contribution in [3.8, 4) is 11.5 Å². The largest absolute Gasteiger partial charge is 0.454 e. The second-order valence-electron chi connectivity index (χ2n) is 6.16. The van der Waals surface area contributed by atoms with Crippen LogP contribution >= 0.6 is 0 Å². The summed E-state index contributed by atoms with van der Waals surface area (Å²) in [5.41, 5.74) is 2.62. The monoisotopic (exact) mass is 352 g/mol. The number of unbranched alkanes of at least 4 members (excludes halogenated alkanes) is 1. The topological polar surface area (TPSA) is 46.2 Å². The Hall–Kier alpha value is -1.30. The molecule has 1 aliphatic rings. The molecule has 0 aliphatic carbocycles. The van der Waals surface area contributed by atoms with E-state index in [0.717, 1.165) is 50.2 Å². The minimum absolute atomic E-state index is 0.320. The van der Waals surface area contributed by atoms with Crippen molar-refractivity contribution in [2.75, 3.05) is 46.4 Å². The van der Waals surface area contributed by atoms with Gasteiger partial charge in [0, 0.05) is 6.61 Å². The molecule has 0 saturated carbocycles. The molecule has 0 N–H and O–H groups in total. The van der Waals surface area contributed by atoms with Crippen LogP contribution in [0.1, 0.15) is 44.2 Å². The zero-order valence-corrected chi connectivity index (χ0v) is 15.7. The van der Waals surface area contributed by atoms with Crippen molar-refractivity contribution < 1.29 is 23.7 Å². The van der Waals surface area contributed by atoms with Crippen LogP contribution in [0.2, 0.25) is 0 Å². The molecule has 0 atom stereocenters. The lowest BCUT2D eigenvalue weighted by molar-refractivity contribution is 0.0146. The molecule has 5 nitrogen and oxygen atoms in total. The number of rotatable bonds is 14. The van der Waals surface area contributed by atoms with E-state index in [2.05, 4.69) is 26.0 Å². The van der Waals surface area contributed by atoms with E-state index in [1.807, 2.05) is 0 Å². The Morgan fingerprint density at radius 1 is 0.720 bits per heavy atom. The normalized spacial score (nSPS) is 12.7. The van der Waals surface area contributed by atoms with Gasteiger partial charge in [-0.1, -0.05) is 26.7 Å². The zero-order chi connectivity index (χ0) is 17.7. The van der Waals surface area contributed by atoms with Crippen LogP contribution in [-0.2, 0) is 27.1 Å². The van der Waals surface area contributed by atoms with E-state index in [1.165, 1.54) is 11.1 Å². The fraction of sp³-hybridized carbons (Fsp3) is 0.700. The summed E-state index contributed by atoms with van der Waals surface area (Å²) < 4.78 is 27.6. The van der Waals surface area contributed by atoms with Gasteiger partial charge >= 0.3 is 0 Å². The van der Waals surface area contributed by atoms with E-state index in [0.29, 0.717) is 39.8 Å². The van der Waals surface area contributed by atoms with Crippen molar-refractivity contribution >= 4 is 0 Å². The van der Waals surface area contributed by atoms with E-state index in [4.69, 9.17) is 23.7 Å². The Morgan fingerprint density at radius 2 is 1.28 bits per heavy atom. The van der Waals surface area contributed by atoms with E-state index < -0.39 is 0 Å². The number of fused-ring (bicyclic) bond motifs is 1. The molecule has 0 spiro atoms. The van der Waals surface area contributed by atoms with Gasteiger partial charge in [-0.25, -0.2) is 0 Å². The van der Waals surface area contributed by atoms with Crippen molar-refractivity contribution in [2.45, 2.75) is 46.0 Å². The van der Waals surface area contributed by atoms with Gasteiger partial charge in [0.15, 0.2) is 11.5 Å². The molecule has 5 heteroatoms. The maximum atomic E-state index is 5.70. The molecule has 0 bridgehead atoms. The molecule has 0 fully saturated rings. The van der Waals surface area contributed by atoms with Crippen LogP contribution in [0.4, 0.5) is 0 Å². The molecule has 0 aromatic heterocycles. The van der Waals surface area contributed by atoms with Gasteiger partial charge in [0.05, 0.1) is 33.0 Å². The average Bonchev–Trinajstić information content (AvgIpc) is 3.07. The van der Waals surface area contributed by atoms with Crippen LogP contribution in [0.25, 0.3) is 0 Å². The smallest absolute Gasteiger partial charge is 0.231 e. The van der Waals surface area contributed by atoms with Crippen LogP contribution in [-0.4, -0.2) is 46.4 Å². The first-order valence-electron chi connectivity index (χ1n) is 9.49. The SMILES string of the molecule is CCCCOCCOCCOCCc1cc2c(cc1CCC)OCO2. The van der Waals surface area contributed by atoms with E-state index >= 15 is 0 Å². The second-order valence-corrected chi connectivity index (χ2v) is 6.16. The maximum Gasteiger partial charge on any atom is 0.231 e. The fourth-order valence-corrected chi connectivity index (χ4v) is 2.73. The number of ether oxygens (including phenoxy) is 5. The summed E-state index contributed by atoms with van der Waals surface area (Å²) in [5.74, 6) is 1.71.